The van der Waals surface area contributed by atoms with Crippen LogP contribution in [0.3, 0.4) is 0 Å². The van der Waals surface area contributed by atoms with E-state index in [0.717, 1.165) is 11.3 Å². The molecule has 1 aromatic carbocycles. The average Bonchev–Trinajstić information content (AvgIpc) is 2.76. The van der Waals surface area contributed by atoms with Crippen LogP contribution in [-0.2, 0) is 6.54 Å². The number of carbonyl (C=O) groups is 1. The Bertz CT molecular complexity index is 630. The van der Waals surface area contributed by atoms with E-state index in [-0.39, 0.29) is 23.1 Å². The Labute approximate surface area is 107 Å². The molecule has 0 aliphatic carbocycles. The van der Waals surface area contributed by atoms with Crippen LogP contribution < -0.4 is 10.2 Å². The zero-order chi connectivity index (χ0) is 13.1. The maximum Gasteiger partial charge on any atom is 0.304 e. The molecule has 18 heavy (non-hydrogen) atoms. The van der Waals surface area contributed by atoms with Gasteiger partial charge in [-0.2, -0.15) is 0 Å². The standard InChI is InChI=1S/C12H12N2O3S/c1-7-9(3-2-4-10(7)15)11(16)13-5-8-6-18-12(17)14-8/h2-4,6,15H,5H2,1H3,(H,13,16)(H,14,17). The van der Waals surface area contributed by atoms with E-state index in [2.05, 4.69) is 10.3 Å². The molecule has 2 rings (SSSR count). The molecule has 0 aliphatic rings. The Morgan fingerprint density at radius 1 is 1.50 bits per heavy atom. The van der Waals surface area contributed by atoms with Gasteiger partial charge in [-0.15, -0.1) is 0 Å². The summed E-state index contributed by atoms with van der Waals surface area (Å²) in [5, 5.41) is 13.9. The zero-order valence-electron chi connectivity index (χ0n) is 9.69. The molecule has 3 N–H and O–H groups in total. The SMILES string of the molecule is Cc1c(O)cccc1C(=O)NCc1csc(=O)[nH]1. The van der Waals surface area contributed by atoms with Gasteiger partial charge >= 0.3 is 4.87 Å². The molecule has 2 aromatic rings. The van der Waals surface area contributed by atoms with E-state index in [0.29, 0.717) is 16.8 Å². The van der Waals surface area contributed by atoms with E-state index in [9.17, 15) is 14.7 Å². The van der Waals surface area contributed by atoms with Gasteiger partial charge in [-0.1, -0.05) is 17.4 Å². The molecule has 0 aliphatic heterocycles. The predicted molar refractivity (Wildman–Crippen MR) is 69.0 cm³/mol. The van der Waals surface area contributed by atoms with Gasteiger partial charge in [0.25, 0.3) is 5.91 Å². The first-order valence-corrected chi connectivity index (χ1v) is 6.19. The van der Waals surface area contributed by atoms with Gasteiger partial charge in [0.15, 0.2) is 0 Å². The number of phenolic OH excluding ortho intramolecular Hbond substituents is 1. The molecule has 1 aromatic heterocycles. The molecule has 0 fully saturated rings. The van der Waals surface area contributed by atoms with Crippen molar-refractivity contribution in [2.45, 2.75) is 13.5 Å². The van der Waals surface area contributed by atoms with Crippen LogP contribution in [0.25, 0.3) is 0 Å². The number of thiazole rings is 1. The van der Waals surface area contributed by atoms with Crippen LogP contribution in [0, 0.1) is 6.92 Å². The molecule has 0 saturated heterocycles. The summed E-state index contributed by atoms with van der Waals surface area (Å²) in [6, 6.07) is 4.78. The molecular formula is C12H12N2O3S. The summed E-state index contributed by atoms with van der Waals surface area (Å²) in [5.41, 5.74) is 1.62. The third kappa shape index (κ3) is 2.60. The molecule has 1 heterocycles. The minimum Gasteiger partial charge on any atom is -0.508 e. The number of benzene rings is 1. The topological polar surface area (TPSA) is 82.2 Å². The summed E-state index contributed by atoms with van der Waals surface area (Å²) in [6.07, 6.45) is 0. The number of hydrogen-bond acceptors (Lipinski definition) is 4. The van der Waals surface area contributed by atoms with Crippen molar-refractivity contribution in [2.75, 3.05) is 0 Å². The van der Waals surface area contributed by atoms with Crippen LogP contribution in [0.15, 0.2) is 28.4 Å². The average molecular weight is 264 g/mol. The second kappa shape index (κ2) is 5.05. The number of amides is 1. The van der Waals surface area contributed by atoms with Crippen molar-refractivity contribution >= 4 is 17.2 Å². The monoisotopic (exact) mass is 264 g/mol. The molecule has 5 nitrogen and oxygen atoms in total. The van der Waals surface area contributed by atoms with Gasteiger partial charge in [-0.25, -0.2) is 0 Å². The summed E-state index contributed by atoms with van der Waals surface area (Å²) in [6.45, 7) is 1.93. The predicted octanol–water partition coefficient (Wildman–Crippen LogP) is 1.38. The minimum absolute atomic E-state index is 0.0894. The summed E-state index contributed by atoms with van der Waals surface area (Å²) in [7, 11) is 0. The van der Waals surface area contributed by atoms with E-state index in [4.69, 9.17) is 0 Å². The zero-order valence-corrected chi connectivity index (χ0v) is 10.5. The smallest absolute Gasteiger partial charge is 0.304 e. The molecule has 0 radical (unpaired) electrons. The van der Waals surface area contributed by atoms with Gasteiger partial charge in [0.2, 0.25) is 0 Å². The molecule has 94 valence electrons. The van der Waals surface area contributed by atoms with Gasteiger partial charge in [0, 0.05) is 22.2 Å². The van der Waals surface area contributed by atoms with Crippen LogP contribution in [0.4, 0.5) is 0 Å². The second-order valence-corrected chi connectivity index (χ2v) is 4.65. The molecular weight excluding hydrogens is 252 g/mol. The Balaban J connectivity index is 2.08. The highest BCUT2D eigenvalue weighted by Gasteiger charge is 2.11. The number of H-pyrrole nitrogens is 1. The lowest BCUT2D eigenvalue weighted by molar-refractivity contribution is 0.0949. The summed E-state index contributed by atoms with van der Waals surface area (Å²) in [4.78, 5) is 25.3. The minimum atomic E-state index is -0.282. The van der Waals surface area contributed by atoms with E-state index < -0.39 is 0 Å². The van der Waals surface area contributed by atoms with Crippen molar-refractivity contribution in [3.05, 3.63) is 50.1 Å². The van der Waals surface area contributed by atoms with Crippen molar-refractivity contribution in [1.82, 2.24) is 10.3 Å². The lowest BCUT2D eigenvalue weighted by atomic mass is 10.1. The maximum absolute atomic E-state index is 11.9. The van der Waals surface area contributed by atoms with Crippen LogP contribution >= 0.6 is 11.3 Å². The highest BCUT2D eigenvalue weighted by molar-refractivity contribution is 7.07. The van der Waals surface area contributed by atoms with Gasteiger partial charge in [0.1, 0.15) is 5.75 Å². The fourth-order valence-electron chi connectivity index (χ4n) is 1.54. The van der Waals surface area contributed by atoms with E-state index >= 15 is 0 Å². The Morgan fingerprint density at radius 3 is 2.94 bits per heavy atom. The van der Waals surface area contributed by atoms with E-state index in [1.54, 1.807) is 24.4 Å². The van der Waals surface area contributed by atoms with Crippen LogP contribution in [-0.4, -0.2) is 16.0 Å². The fourth-order valence-corrected chi connectivity index (χ4v) is 2.12. The molecule has 6 heteroatoms. The number of hydrogen-bond donors (Lipinski definition) is 3. The lowest BCUT2D eigenvalue weighted by Crippen LogP contribution is -2.24. The number of aromatic nitrogens is 1. The summed E-state index contributed by atoms with van der Waals surface area (Å²) in [5.74, 6) is -0.193. The number of phenols is 1. The van der Waals surface area contributed by atoms with Crippen molar-refractivity contribution < 1.29 is 9.90 Å². The third-order valence-corrected chi connectivity index (χ3v) is 3.28. The first kappa shape index (κ1) is 12.4. The quantitative estimate of drug-likeness (QED) is 0.783. The van der Waals surface area contributed by atoms with Crippen LogP contribution in [0.1, 0.15) is 21.6 Å². The molecule has 0 bridgehead atoms. The molecule has 0 unspecified atom stereocenters. The maximum atomic E-state index is 11.9. The fraction of sp³-hybridized carbons (Fsp3) is 0.167. The molecule has 0 atom stereocenters. The number of aromatic amines is 1. The van der Waals surface area contributed by atoms with Crippen molar-refractivity contribution in [3.8, 4) is 5.75 Å². The van der Waals surface area contributed by atoms with Crippen molar-refractivity contribution in [3.63, 3.8) is 0 Å². The van der Waals surface area contributed by atoms with Crippen LogP contribution in [0.5, 0.6) is 5.75 Å². The van der Waals surface area contributed by atoms with Crippen LogP contribution in [0.2, 0.25) is 0 Å². The van der Waals surface area contributed by atoms with Gasteiger partial charge in [-0.3, -0.25) is 9.59 Å². The largest absolute Gasteiger partial charge is 0.508 e. The van der Waals surface area contributed by atoms with Gasteiger partial charge < -0.3 is 15.4 Å². The summed E-state index contributed by atoms with van der Waals surface area (Å²) < 4.78 is 0. The molecule has 0 spiro atoms. The number of carbonyl (C=O) groups excluding carboxylic acids is 1. The van der Waals surface area contributed by atoms with Crippen molar-refractivity contribution in [1.29, 1.82) is 0 Å². The van der Waals surface area contributed by atoms with E-state index in [1.165, 1.54) is 6.07 Å². The number of aromatic hydroxyl groups is 1. The Kier molecular flexibility index (Phi) is 3.47. The Hall–Kier alpha value is -2.08. The highest BCUT2D eigenvalue weighted by atomic mass is 32.1. The molecule has 1 amide bonds. The first-order valence-electron chi connectivity index (χ1n) is 5.31. The lowest BCUT2D eigenvalue weighted by Gasteiger charge is -2.07. The number of nitrogens with one attached hydrogen (secondary N) is 2. The summed E-state index contributed by atoms with van der Waals surface area (Å²) >= 11 is 1.06. The van der Waals surface area contributed by atoms with Gasteiger partial charge in [-0.05, 0) is 19.1 Å². The van der Waals surface area contributed by atoms with Crippen molar-refractivity contribution in [2.24, 2.45) is 0 Å². The normalized spacial score (nSPS) is 10.3. The second-order valence-electron chi connectivity index (χ2n) is 3.81. The third-order valence-electron chi connectivity index (χ3n) is 2.56. The number of rotatable bonds is 3. The first-order chi connectivity index (χ1) is 8.58. The molecule has 0 saturated carbocycles. The highest BCUT2D eigenvalue weighted by Crippen LogP contribution is 2.19. The van der Waals surface area contributed by atoms with E-state index in [1.807, 2.05) is 0 Å². The Morgan fingerprint density at radius 2 is 2.28 bits per heavy atom. The van der Waals surface area contributed by atoms with Gasteiger partial charge in [0.05, 0.1) is 6.54 Å².